The highest BCUT2D eigenvalue weighted by Gasteiger charge is 2.38. The Kier molecular flexibility index (Phi) is 8.58. The number of hydrogen-bond donors (Lipinski definition) is 0. The molecule has 0 N–H and O–H groups in total. The highest BCUT2D eigenvalue weighted by atomic mass is 32.2. The Labute approximate surface area is 240 Å². The van der Waals surface area contributed by atoms with Crippen LogP contribution in [-0.2, 0) is 17.8 Å². The summed E-state index contributed by atoms with van der Waals surface area (Å²) in [6, 6.07) is 12.9. The van der Waals surface area contributed by atoms with E-state index in [1.54, 1.807) is 9.47 Å². The zero-order chi connectivity index (χ0) is 27.5. The number of thiocarbonyl (C=S) groups is 1. The first-order valence-electron chi connectivity index (χ1n) is 14.2. The number of benzene rings is 1. The molecule has 1 amide bonds. The van der Waals surface area contributed by atoms with E-state index in [1.165, 1.54) is 17.3 Å². The van der Waals surface area contributed by atoms with Crippen LogP contribution in [0, 0.1) is 24.2 Å². The summed E-state index contributed by atoms with van der Waals surface area (Å²) in [7, 11) is 0. The molecule has 3 aliphatic rings. The quantitative estimate of drug-likeness (QED) is 0.304. The lowest BCUT2D eigenvalue weighted by atomic mass is 9.90. The molecule has 0 radical (unpaired) electrons. The number of rotatable bonds is 7. The molecule has 6 nitrogen and oxygen atoms in total. The molecule has 0 spiro atoms. The van der Waals surface area contributed by atoms with Crippen molar-refractivity contribution in [3.8, 4) is 6.07 Å². The van der Waals surface area contributed by atoms with E-state index in [-0.39, 0.29) is 23.1 Å². The lowest BCUT2D eigenvalue weighted by Gasteiger charge is -2.36. The molecule has 1 aliphatic carbocycles. The van der Waals surface area contributed by atoms with Gasteiger partial charge in [0, 0.05) is 31.2 Å². The zero-order valence-corrected chi connectivity index (χ0v) is 24.5. The van der Waals surface area contributed by atoms with E-state index in [2.05, 4.69) is 41.3 Å². The second kappa shape index (κ2) is 12.1. The van der Waals surface area contributed by atoms with Gasteiger partial charge in [-0.25, -0.2) is 0 Å². The van der Waals surface area contributed by atoms with Crippen LogP contribution in [-0.4, -0.2) is 38.8 Å². The van der Waals surface area contributed by atoms with Crippen LogP contribution in [0.15, 0.2) is 40.0 Å². The average Bonchev–Trinajstić information content (AvgIpc) is 3.56. The van der Waals surface area contributed by atoms with Gasteiger partial charge in [-0.15, -0.1) is 0 Å². The van der Waals surface area contributed by atoms with Gasteiger partial charge in [0.25, 0.3) is 11.5 Å². The zero-order valence-electron chi connectivity index (χ0n) is 22.8. The molecule has 1 aromatic carbocycles. The first-order valence-corrected chi connectivity index (χ1v) is 15.4. The Bertz CT molecular complexity index is 1380. The third-order valence-electron chi connectivity index (χ3n) is 8.36. The van der Waals surface area contributed by atoms with Crippen LogP contribution in [0.2, 0.25) is 0 Å². The molecule has 8 heteroatoms. The lowest BCUT2D eigenvalue weighted by Crippen LogP contribution is -2.40. The molecule has 1 saturated carbocycles. The van der Waals surface area contributed by atoms with Crippen LogP contribution in [0.5, 0.6) is 0 Å². The number of pyridine rings is 1. The molecule has 1 aromatic heterocycles. The minimum atomic E-state index is -0.242. The van der Waals surface area contributed by atoms with Gasteiger partial charge in [-0.05, 0) is 68.6 Å². The normalized spacial score (nSPS) is 19.9. The summed E-state index contributed by atoms with van der Waals surface area (Å²) in [6.07, 6.45) is 10.0. The first kappa shape index (κ1) is 27.7. The van der Waals surface area contributed by atoms with Gasteiger partial charge in [0.2, 0.25) is 0 Å². The van der Waals surface area contributed by atoms with Crippen molar-refractivity contribution in [1.29, 1.82) is 5.26 Å². The third-order valence-corrected chi connectivity index (χ3v) is 9.69. The predicted octanol–water partition coefficient (Wildman–Crippen LogP) is 6.04. The van der Waals surface area contributed by atoms with E-state index >= 15 is 0 Å². The van der Waals surface area contributed by atoms with Gasteiger partial charge in [0.1, 0.15) is 21.8 Å². The van der Waals surface area contributed by atoms with E-state index in [0.717, 1.165) is 75.8 Å². The predicted molar refractivity (Wildman–Crippen MR) is 163 cm³/mol. The Hall–Kier alpha value is -2.89. The standard InChI is InChI=1S/C31H36N4O2S2/c1-3-15-34-28(33-16-13-23(14-17-33)18-22-9-5-4-6-10-22)25(21(2)26(20-32)29(34)36)19-27-30(37)35(31(38)39-27)24-11-7-8-12-24/h4-6,9-10,19,23-24H,3,7-8,11-18H2,1-2H3. The number of anilines is 1. The van der Waals surface area contributed by atoms with E-state index < -0.39 is 0 Å². The number of nitriles is 1. The second-order valence-electron chi connectivity index (χ2n) is 10.9. The van der Waals surface area contributed by atoms with Crippen LogP contribution in [0.4, 0.5) is 5.82 Å². The average molecular weight is 561 g/mol. The fraction of sp³-hybridized carbons (Fsp3) is 0.484. The van der Waals surface area contributed by atoms with Crippen molar-refractivity contribution in [2.24, 2.45) is 5.92 Å². The molecule has 2 aromatic rings. The maximum atomic E-state index is 13.6. The topological polar surface area (TPSA) is 69.3 Å². The second-order valence-corrected chi connectivity index (χ2v) is 12.6. The van der Waals surface area contributed by atoms with Gasteiger partial charge in [-0.3, -0.25) is 19.1 Å². The third kappa shape index (κ3) is 5.57. The highest BCUT2D eigenvalue weighted by molar-refractivity contribution is 8.26. The molecule has 204 valence electrons. The Morgan fingerprint density at radius 1 is 1.10 bits per heavy atom. The summed E-state index contributed by atoms with van der Waals surface area (Å²) >= 11 is 7.00. The number of thioether (sulfide) groups is 1. The van der Waals surface area contributed by atoms with E-state index in [1.807, 2.05) is 19.9 Å². The van der Waals surface area contributed by atoms with Gasteiger partial charge in [-0.2, -0.15) is 5.26 Å². The Morgan fingerprint density at radius 2 is 1.79 bits per heavy atom. The molecule has 0 unspecified atom stereocenters. The fourth-order valence-corrected chi connectivity index (χ4v) is 7.68. The highest BCUT2D eigenvalue weighted by Crippen LogP contribution is 2.40. The molecular formula is C31H36N4O2S2. The molecule has 3 heterocycles. The molecule has 0 atom stereocenters. The maximum Gasteiger partial charge on any atom is 0.270 e. The number of nitrogens with zero attached hydrogens (tertiary/aromatic N) is 4. The molecule has 3 fully saturated rings. The number of hydrogen-bond acceptors (Lipinski definition) is 6. The van der Waals surface area contributed by atoms with Crippen LogP contribution in [0.1, 0.15) is 74.1 Å². The first-order chi connectivity index (χ1) is 18.9. The minimum absolute atomic E-state index is 0.0458. The summed E-state index contributed by atoms with van der Waals surface area (Å²) in [5.41, 5.74) is 2.71. The van der Waals surface area contributed by atoms with Gasteiger partial charge < -0.3 is 4.90 Å². The van der Waals surface area contributed by atoms with Crippen molar-refractivity contribution in [1.82, 2.24) is 9.47 Å². The van der Waals surface area contributed by atoms with Gasteiger partial charge in [-0.1, -0.05) is 74.1 Å². The monoisotopic (exact) mass is 560 g/mol. The van der Waals surface area contributed by atoms with Crippen molar-refractivity contribution < 1.29 is 4.79 Å². The Morgan fingerprint density at radius 3 is 2.44 bits per heavy atom. The maximum absolute atomic E-state index is 13.6. The molecule has 0 bridgehead atoms. The van der Waals surface area contributed by atoms with Crippen molar-refractivity contribution in [3.63, 3.8) is 0 Å². The van der Waals surface area contributed by atoms with Gasteiger partial charge in [0.15, 0.2) is 0 Å². The number of carbonyl (C=O) groups excluding carboxylic acids is 1. The van der Waals surface area contributed by atoms with E-state index in [4.69, 9.17) is 12.2 Å². The fourth-order valence-electron chi connectivity index (χ4n) is 6.30. The largest absolute Gasteiger partial charge is 0.357 e. The minimum Gasteiger partial charge on any atom is -0.357 e. The van der Waals surface area contributed by atoms with Crippen LogP contribution in [0.3, 0.4) is 0 Å². The number of carbonyl (C=O) groups is 1. The van der Waals surface area contributed by atoms with Crippen molar-refractivity contribution in [2.45, 2.75) is 77.8 Å². The SMILES string of the molecule is CCCn1c(N2CCC(Cc3ccccc3)CC2)c(C=C2SC(=S)N(C3CCCC3)C2=O)c(C)c(C#N)c1=O. The van der Waals surface area contributed by atoms with Crippen molar-refractivity contribution in [3.05, 3.63) is 67.8 Å². The van der Waals surface area contributed by atoms with E-state index in [9.17, 15) is 14.9 Å². The summed E-state index contributed by atoms with van der Waals surface area (Å²) in [6.45, 7) is 6.06. The lowest BCUT2D eigenvalue weighted by molar-refractivity contribution is -0.123. The molecular weight excluding hydrogens is 525 g/mol. The van der Waals surface area contributed by atoms with Gasteiger partial charge >= 0.3 is 0 Å². The summed E-state index contributed by atoms with van der Waals surface area (Å²) < 4.78 is 2.38. The van der Waals surface area contributed by atoms with E-state index in [0.29, 0.717) is 27.3 Å². The summed E-state index contributed by atoms with van der Waals surface area (Å²) in [4.78, 5) is 31.7. The van der Waals surface area contributed by atoms with Crippen molar-refractivity contribution >= 4 is 46.1 Å². The molecule has 2 saturated heterocycles. The van der Waals surface area contributed by atoms with Crippen LogP contribution in [0.25, 0.3) is 6.08 Å². The number of piperidine rings is 1. The summed E-state index contributed by atoms with van der Waals surface area (Å²) in [5, 5.41) is 9.93. The van der Waals surface area contributed by atoms with Gasteiger partial charge in [0.05, 0.1) is 4.91 Å². The molecule has 5 rings (SSSR count). The van der Waals surface area contributed by atoms with Crippen LogP contribution >= 0.6 is 24.0 Å². The number of amides is 1. The Balaban J connectivity index is 1.51. The smallest absolute Gasteiger partial charge is 0.270 e. The van der Waals surface area contributed by atoms with Crippen LogP contribution < -0.4 is 10.5 Å². The summed E-state index contributed by atoms with van der Waals surface area (Å²) in [5.74, 6) is 1.37. The molecule has 2 aliphatic heterocycles. The number of aromatic nitrogens is 1. The van der Waals surface area contributed by atoms with Crippen molar-refractivity contribution in [2.75, 3.05) is 18.0 Å². The molecule has 39 heavy (non-hydrogen) atoms.